The van der Waals surface area contributed by atoms with Crippen molar-refractivity contribution in [2.45, 2.75) is 18.9 Å². The van der Waals surface area contributed by atoms with Gasteiger partial charge in [0.15, 0.2) is 0 Å². The topological polar surface area (TPSA) is 105 Å². The number of aromatic nitrogens is 2. The van der Waals surface area contributed by atoms with E-state index in [-0.39, 0.29) is 37.1 Å². The molecule has 4 rings (SSSR count). The van der Waals surface area contributed by atoms with Gasteiger partial charge in [0.05, 0.1) is 43.5 Å². The van der Waals surface area contributed by atoms with Crippen molar-refractivity contribution in [1.29, 1.82) is 0 Å². The van der Waals surface area contributed by atoms with Gasteiger partial charge in [-0.2, -0.15) is 0 Å². The van der Waals surface area contributed by atoms with Gasteiger partial charge in [0.25, 0.3) is 0 Å². The molecule has 0 saturated carbocycles. The van der Waals surface area contributed by atoms with Gasteiger partial charge < -0.3 is 15.0 Å². The number of benzene rings is 1. The zero-order valence-corrected chi connectivity index (χ0v) is 16.8. The lowest BCUT2D eigenvalue weighted by atomic mass is 10.1. The quantitative estimate of drug-likeness (QED) is 0.701. The lowest BCUT2D eigenvalue weighted by molar-refractivity contribution is -0.139. The van der Waals surface area contributed by atoms with Crippen LogP contribution in [-0.4, -0.2) is 70.4 Å². The Balaban J connectivity index is 1.36. The number of carbonyl (C=O) groups is 3. The number of amides is 4. The molecule has 1 aromatic heterocycles. The van der Waals surface area contributed by atoms with Crippen LogP contribution in [0.3, 0.4) is 0 Å². The number of hydrogen-bond donors (Lipinski definition) is 1. The molecule has 2 fully saturated rings. The van der Waals surface area contributed by atoms with E-state index >= 15 is 0 Å². The first-order chi connectivity index (χ1) is 15.0. The number of rotatable bonds is 6. The third kappa shape index (κ3) is 4.85. The van der Waals surface area contributed by atoms with Crippen molar-refractivity contribution in [1.82, 2.24) is 25.1 Å². The van der Waals surface area contributed by atoms with Crippen LogP contribution in [0.4, 0.5) is 9.18 Å². The zero-order valence-electron chi connectivity index (χ0n) is 16.8. The number of halogens is 1. The van der Waals surface area contributed by atoms with Gasteiger partial charge in [0.2, 0.25) is 11.8 Å². The van der Waals surface area contributed by atoms with Gasteiger partial charge >= 0.3 is 6.03 Å². The maximum Gasteiger partial charge on any atom is 0.324 e. The van der Waals surface area contributed by atoms with E-state index in [9.17, 15) is 18.8 Å². The maximum absolute atomic E-state index is 13.5. The lowest BCUT2D eigenvalue weighted by Crippen LogP contribution is -2.42. The molecule has 4 amide bonds. The fourth-order valence-electron chi connectivity index (χ4n) is 3.61. The minimum Gasteiger partial charge on any atom is -0.368 e. The number of ether oxygens (including phenoxy) is 1. The third-order valence-electron chi connectivity index (χ3n) is 5.23. The van der Waals surface area contributed by atoms with Crippen molar-refractivity contribution in [2.24, 2.45) is 0 Å². The van der Waals surface area contributed by atoms with E-state index in [1.807, 2.05) is 0 Å². The van der Waals surface area contributed by atoms with Crippen LogP contribution < -0.4 is 5.32 Å². The Morgan fingerprint density at radius 2 is 2.16 bits per heavy atom. The van der Waals surface area contributed by atoms with Crippen molar-refractivity contribution in [3.8, 4) is 11.3 Å². The molecule has 1 N–H and O–H groups in total. The normalized spacial score (nSPS) is 18.9. The highest BCUT2D eigenvalue weighted by molar-refractivity contribution is 6.01. The fourth-order valence-corrected chi connectivity index (χ4v) is 3.61. The number of nitrogens with one attached hydrogen (secondary N) is 1. The van der Waals surface area contributed by atoms with E-state index in [0.29, 0.717) is 43.1 Å². The Kier molecular flexibility index (Phi) is 6.17. The third-order valence-corrected chi connectivity index (χ3v) is 5.23. The molecule has 9 nitrogen and oxygen atoms in total. The van der Waals surface area contributed by atoms with Crippen LogP contribution in [0.25, 0.3) is 11.3 Å². The number of hydrogen-bond acceptors (Lipinski definition) is 6. The van der Waals surface area contributed by atoms with Crippen LogP contribution in [0.2, 0.25) is 0 Å². The van der Waals surface area contributed by atoms with Crippen molar-refractivity contribution >= 4 is 17.8 Å². The largest absolute Gasteiger partial charge is 0.368 e. The monoisotopic (exact) mass is 427 g/mol. The lowest BCUT2D eigenvalue weighted by Gasteiger charge is -2.32. The van der Waals surface area contributed by atoms with Crippen LogP contribution in [0.5, 0.6) is 0 Å². The van der Waals surface area contributed by atoms with Gasteiger partial charge in [-0.3, -0.25) is 19.5 Å². The average Bonchev–Trinajstić information content (AvgIpc) is 3.11. The highest BCUT2D eigenvalue weighted by Crippen LogP contribution is 2.24. The van der Waals surface area contributed by atoms with Gasteiger partial charge in [0, 0.05) is 25.1 Å². The highest BCUT2D eigenvalue weighted by Gasteiger charge is 2.29. The molecule has 0 bridgehead atoms. The van der Waals surface area contributed by atoms with E-state index < -0.39 is 12.1 Å². The summed E-state index contributed by atoms with van der Waals surface area (Å²) < 4.78 is 19.3. The maximum atomic E-state index is 13.5. The van der Waals surface area contributed by atoms with E-state index in [1.165, 1.54) is 12.1 Å². The second kappa shape index (κ2) is 9.17. The van der Waals surface area contributed by atoms with E-state index in [1.54, 1.807) is 29.4 Å². The summed E-state index contributed by atoms with van der Waals surface area (Å²) in [5, 5.41) is 2.46. The minimum atomic E-state index is -0.440. The van der Waals surface area contributed by atoms with Gasteiger partial charge in [-0.05, 0) is 18.6 Å². The van der Waals surface area contributed by atoms with Gasteiger partial charge in [-0.15, -0.1) is 0 Å². The van der Waals surface area contributed by atoms with E-state index in [4.69, 9.17) is 4.74 Å². The first-order valence-corrected chi connectivity index (χ1v) is 10.1. The number of nitrogens with zero attached hydrogens (tertiary/aromatic N) is 4. The molecule has 2 aliphatic heterocycles. The SMILES string of the molecule is O=C(CCCN1C(=O)CNC1=O)N1CCO[C@H](c2cncc(-c3cccc(F)c3)n2)C1. The predicted octanol–water partition coefficient (Wildman–Crippen LogP) is 1.51. The van der Waals surface area contributed by atoms with Gasteiger partial charge in [0.1, 0.15) is 11.9 Å². The molecular formula is C21H22FN5O4. The van der Waals surface area contributed by atoms with Crippen LogP contribution in [0.1, 0.15) is 24.6 Å². The van der Waals surface area contributed by atoms with Crippen LogP contribution in [-0.2, 0) is 14.3 Å². The Hall–Kier alpha value is -3.40. The Bertz CT molecular complexity index is 985. The molecule has 1 aromatic carbocycles. The number of carbonyl (C=O) groups excluding carboxylic acids is 3. The second-order valence-corrected chi connectivity index (χ2v) is 7.35. The molecule has 1 atom stereocenters. The van der Waals surface area contributed by atoms with Crippen molar-refractivity contribution < 1.29 is 23.5 Å². The summed E-state index contributed by atoms with van der Waals surface area (Å²) >= 11 is 0. The summed E-state index contributed by atoms with van der Waals surface area (Å²) in [6.07, 6.45) is 3.32. The summed E-state index contributed by atoms with van der Waals surface area (Å²) in [7, 11) is 0. The molecular weight excluding hydrogens is 405 g/mol. The number of morpholine rings is 1. The molecule has 0 unspecified atom stereocenters. The molecule has 31 heavy (non-hydrogen) atoms. The Morgan fingerprint density at radius 1 is 1.29 bits per heavy atom. The van der Waals surface area contributed by atoms with Crippen molar-refractivity contribution in [3.05, 3.63) is 48.2 Å². The Morgan fingerprint density at radius 3 is 2.94 bits per heavy atom. The summed E-state index contributed by atoms with van der Waals surface area (Å²) in [5.41, 5.74) is 1.70. The smallest absolute Gasteiger partial charge is 0.324 e. The molecule has 0 radical (unpaired) electrons. The summed E-state index contributed by atoms with van der Waals surface area (Å²) in [6, 6.07) is 5.69. The molecule has 0 spiro atoms. The fraction of sp³-hybridized carbons (Fsp3) is 0.381. The second-order valence-electron chi connectivity index (χ2n) is 7.35. The first kappa shape index (κ1) is 20.9. The van der Waals surface area contributed by atoms with Crippen LogP contribution >= 0.6 is 0 Å². The van der Waals surface area contributed by atoms with E-state index in [2.05, 4.69) is 15.3 Å². The molecule has 0 aliphatic carbocycles. The molecule has 3 heterocycles. The molecule has 10 heteroatoms. The first-order valence-electron chi connectivity index (χ1n) is 10.1. The predicted molar refractivity (Wildman–Crippen MR) is 107 cm³/mol. The standard InChI is InChI=1S/C21H22FN5O4/c22-15-4-1-3-14(9-15)16-10-23-11-17(25-16)18-13-26(7-8-31-18)19(28)5-2-6-27-20(29)12-24-21(27)30/h1,3-4,9-11,18H,2,5-8,12-13H2,(H,24,30)/t18-/m0/s1. The summed E-state index contributed by atoms with van der Waals surface area (Å²) in [4.78, 5) is 47.4. The van der Waals surface area contributed by atoms with E-state index in [0.717, 1.165) is 4.90 Å². The zero-order chi connectivity index (χ0) is 21.8. The highest BCUT2D eigenvalue weighted by atomic mass is 19.1. The van der Waals surface area contributed by atoms with Crippen LogP contribution in [0, 0.1) is 5.82 Å². The number of urea groups is 1. The van der Waals surface area contributed by atoms with Crippen LogP contribution in [0.15, 0.2) is 36.7 Å². The average molecular weight is 427 g/mol. The number of imide groups is 1. The van der Waals surface area contributed by atoms with Crippen molar-refractivity contribution in [3.63, 3.8) is 0 Å². The van der Waals surface area contributed by atoms with Gasteiger partial charge in [-0.1, -0.05) is 12.1 Å². The molecule has 2 aromatic rings. The summed E-state index contributed by atoms with van der Waals surface area (Å²) in [6.45, 7) is 1.35. The minimum absolute atomic E-state index is 0.00758. The summed E-state index contributed by atoms with van der Waals surface area (Å²) in [5.74, 6) is -0.709. The van der Waals surface area contributed by atoms with Crippen molar-refractivity contribution in [2.75, 3.05) is 32.8 Å². The Labute approximate surface area is 178 Å². The molecule has 2 aliphatic rings. The molecule has 2 saturated heterocycles. The molecule has 162 valence electrons. The van der Waals surface area contributed by atoms with Gasteiger partial charge in [-0.25, -0.2) is 14.2 Å².